The van der Waals surface area contributed by atoms with Gasteiger partial charge in [0.25, 0.3) is 0 Å². The molecule has 2 heterocycles. The third kappa shape index (κ3) is 8.21. The number of likely N-dealkylation sites (tertiary alicyclic amines) is 1. The molecule has 1 saturated heterocycles. The number of hydrogen-bond acceptors (Lipinski definition) is 4. The first-order chi connectivity index (χ1) is 11.6. The fourth-order valence-electron chi connectivity index (χ4n) is 3.03. The van der Waals surface area contributed by atoms with E-state index in [-0.39, 0.29) is 24.0 Å². The summed E-state index contributed by atoms with van der Waals surface area (Å²) < 4.78 is 0. The van der Waals surface area contributed by atoms with Crippen molar-refractivity contribution in [1.82, 2.24) is 20.5 Å². The number of aromatic nitrogens is 1. The Bertz CT molecular complexity index is 509. The van der Waals surface area contributed by atoms with Gasteiger partial charge >= 0.3 is 0 Å². The van der Waals surface area contributed by atoms with Gasteiger partial charge in [-0.3, -0.25) is 0 Å². The summed E-state index contributed by atoms with van der Waals surface area (Å²) in [5.41, 5.74) is 1.07. The van der Waals surface area contributed by atoms with Crippen molar-refractivity contribution in [2.45, 2.75) is 59.5 Å². The maximum Gasteiger partial charge on any atom is 0.191 e. The lowest BCUT2D eigenvalue weighted by atomic mass is 10.0. The summed E-state index contributed by atoms with van der Waals surface area (Å²) >= 11 is 1.73. The first-order valence-corrected chi connectivity index (χ1v) is 10.2. The van der Waals surface area contributed by atoms with Crippen LogP contribution >= 0.6 is 35.3 Å². The molecule has 1 aliphatic heterocycles. The van der Waals surface area contributed by atoms with Gasteiger partial charge in [-0.2, -0.15) is 0 Å². The quantitative estimate of drug-likeness (QED) is 0.357. The molecule has 0 amide bonds. The Labute approximate surface area is 174 Å². The third-order valence-electron chi connectivity index (χ3n) is 4.20. The van der Waals surface area contributed by atoms with Crippen molar-refractivity contribution in [3.05, 3.63) is 16.1 Å². The van der Waals surface area contributed by atoms with Crippen LogP contribution in [0.25, 0.3) is 0 Å². The molecule has 2 N–H and O–H groups in total. The zero-order valence-electron chi connectivity index (χ0n) is 16.0. The highest BCUT2D eigenvalue weighted by Crippen LogP contribution is 2.13. The molecule has 2 rings (SSSR count). The van der Waals surface area contributed by atoms with Crippen molar-refractivity contribution in [3.63, 3.8) is 0 Å². The molecule has 25 heavy (non-hydrogen) atoms. The number of rotatable bonds is 7. The monoisotopic (exact) mass is 479 g/mol. The fraction of sp³-hybridized carbons (Fsp3) is 0.778. The SMILES string of the molecule is CCNC(=NCc1csc(CC)n1)NC1CCN(CC(C)C)CC1.I. The number of aryl methyl sites for hydroxylation is 1. The summed E-state index contributed by atoms with van der Waals surface area (Å²) in [6.07, 6.45) is 3.38. The van der Waals surface area contributed by atoms with Crippen LogP contribution in [0.1, 0.15) is 51.2 Å². The van der Waals surface area contributed by atoms with Crippen LogP contribution in [0.2, 0.25) is 0 Å². The number of thiazole rings is 1. The molecule has 0 radical (unpaired) electrons. The summed E-state index contributed by atoms with van der Waals surface area (Å²) in [6, 6.07) is 0.521. The second kappa shape index (κ2) is 12.1. The first-order valence-electron chi connectivity index (χ1n) is 9.31. The van der Waals surface area contributed by atoms with E-state index in [4.69, 9.17) is 4.99 Å². The van der Waals surface area contributed by atoms with Crippen LogP contribution in [-0.4, -0.2) is 48.1 Å². The van der Waals surface area contributed by atoms with Crippen LogP contribution in [0.4, 0.5) is 0 Å². The molecular formula is C18H34IN5S. The molecule has 7 heteroatoms. The van der Waals surface area contributed by atoms with Crippen LogP contribution in [0.15, 0.2) is 10.4 Å². The van der Waals surface area contributed by atoms with E-state index >= 15 is 0 Å². The van der Waals surface area contributed by atoms with Gasteiger partial charge in [0, 0.05) is 37.6 Å². The van der Waals surface area contributed by atoms with Gasteiger partial charge < -0.3 is 15.5 Å². The Morgan fingerprint density at radius 3 is 2.64 bits per heavy atom. The van der Waals surface area contributed by atoms with Gasteiger partial charge in [-0.05, 0) is 32.1 Å². The number of nitrogens with zero attached hydrogens (tertiary/aromatic N) is 3. The van der Waals surface area contributed by atoms with E-state index < -0.39 is 0 Å². The maximum absolute atomic E-state index is 4.72. The minimum atomic E-state index is 0. The van der Waals surface area contributed by atoms with Crippen LogP contribution in [0.5, 0.6) is 0 Å². The number of halogens is 1. The van der Waals surface area contributed by atoms with Gasteiger partial charge in [0.15, 0.2) is 5.96 Å². The lowest BCUT2D eigenvalue weighted by Gasteiger charge is -2.34. The highest BCUT2D eigenvalue weighted by molar-refractivity contribution is 14.0. The average molecular weight is 479 g/mol. The van der Waals surface area contributed by atoms with E-state index in [9.17, 15) is 0 Å². The van der Waals surface area contributed by atoms with Crippen molar-refractivity contribution in [3.8, 4) is 0 Å². The van der Waals surface area contributed by atoms with E-state index in [1.165, 1.54) is 37.5 Å². The van der Waals surface area contributed by atoms with Gasteiger partial charge in [-0.15, -0.1) is 35.3 Å². The molecule has 0 atom stereocenters. The predicted octanol–water partition coefficient (Wildman–Crippen LogP) is 3.50. The highest BCUT2D eigenvalue weighted by atomic mass is 127. The molecular weight excluding hydrogens is 445 g/mol. The molecule has 0 aliphatic carbocycles. The summed E-state index contributed by atoms with van der Waals surface area (Å²) in [4.78, 5) is 11.9. The minimum Gasteiger partial charge on any atom is -0.357 e. The molecule has 0 saturated carbocycles. The van der Waals surface area contributed by atoms with Gasteiger partial charge in [0.05, 0.1) is 17.2 Å². The van der Waals surface area contributed by atoms with Crippen molar-refractivity contribution in [2.75, 3.05) is 26.2 Å². The van der Waals surface area contributed by atoms with E-state index in [1.807, 2.05) is 0 Å². The largest absolute Gasteiger partial charge is 0.357 e. The molecule has 0 bridgehead atoms. The predicted molar refractivity (Wildman–Crippen MR) is 119 cm³/mol. The highest BCUT2D eigenvalue weighted by Gasteiger charge is 2.20. The van der Waals surface area contributed by atoms with Crippen molar-refractivity contribution in [2.24, 2.45) is 10.9 Å². The molecule has 0 aromatic carbocycles. The van der Waals surface area contributed by atoms with Gasteiger partial charge in [-0.25, -0.2) is 9.98 Å². The van der Waals surface area contributed by atoms with Gasteiger partial charge in [0.1, 0.15) is 0 Å². The number of nitrogens with one attached hydrogen (secondary N) is 2. The number of hydrogen-bond donors (Lipinski definition) is 2. The van der Waals surface area contributed by atoms with Crippen molar-refractivity contribution >= 4 is 41.3 Å². The Kier molecular flexibility index (Phi) is 10.9. The second-order valence-electron chi connectivity index (χ2n) is 6.89. The standard InChI is InChI=1S/C18H33N5S.HI/c1-5-17-21-16(13-24-17)11-20-18(19-6-2)22-15-7-9-23(10-8-15)12-14(3)4;/h13-15H,5-12H2,1-4H3,(H2,19,20,22);1H. The Morgan fingerprint density at radius 1 is 1.36 bits per heavy atom. The molecule has 144 valence electrons. The smallest absolute Gasteiger partial charge is 0.191 e. The zero-order valence-corrected chi connectivity index (χ0v) is 19.2. The lowest BCUT2D eigenvalue weighted by molar-refractivity contribution is 0.187. The van der Waals surface area contributed by atoms with E-state index in [0.29, 0.717) is 12.6 Å². The normalized spacial score (nSPS) is 16.8. The van der Waals surface area contributed by atoms with Crippen LogP contribution in [-0.2, 0) is 13.0 Å². The van der Waals surface area contributed by atoms with Crippen LogP contribution in [0.3, 0.4) is 0 Å². The number of piperidine rings is 1. The summed E-state index contributed by atoms with van der Waals surface area (Å²) in [7, 11) is 0. The van der Waals surface area contributed by atoms with E-state index in [0.717, 1.165) is 30.5 Å². The van der Waals surface area contributed by atoms with Crippen molar-refractivity contribution in [1.29, 1.82) is 0 Å². The lowest BCUT2D eigenvalue weighted by Crippen LogP contribution is -2.49. The molecule has 1 aromatic rings. The Morgan fingerprint density at radius 2 is 2.08 bits per heavy atom. The first kappa shape index (κ1) is 22.6. The fourth-order valence-corrected chi connectivity index (χ4v) is 3.77. The van der Waals surface area contributed by atoms with Gasteiger partial charge in [-0.1, -0.05) is 20.8 Å². The maximum atomic E-state index is 4.72. The molecule has 1 aliphatic rings. The number of aliphatic imine (C=N–C) groups is 1. The molecule has 0 spiro atoms. The average Bonchev–Trinajstić information content (AvgIpc) is 3.02. The molecule has 1 aromatic heterocycles. The van der Waals surface area contributed by atoms with E-state index in [2.05, 4.69) is 53.6 Å². The summed E-state index contributed by atoms with van der Waals surface area (Å²) in [6.45, 7) is 14.0. The third-order valence-corrected chi connectivity index (χ3v) is 5.24. The van der Waals surface area contributed by atoms with E-state index in [1.54, 1.807) is 11.3 Å². The Balaban J connectivity index is 0.00000312. The topological polar surface area (TPSA) is 52.6 Å². The van der Waals surface area contributed by atoms with Crippen LogP contribution < -0.4 is 10.6 Å². The molecule has 0 unspecified atom stereocenters. The minimum absolute atomic E-state index is 0. The second-order valence-corrected chi connectivity index (χ2v) is 7.84. The zero-order chi connectivity index (χ0) is 17.4. The van der Waals surface area contributed by atoms with Crippen molar-refractivity contribution < 1.29 is 0 Å². The number of guanidine groups is 1. The molecule has 5 nitrogen and oxygen atoms in total. The Hall–Kier alpha value is -0.410. The molecule has 1 fully saturated rings. The van der Waals surface area contributed by atoms with Gasteiger partial charge in [0.2, 0.25) is 0 Å². The summed E-state index contributed by atoms with van der Waals surface area (Å²) in [5.74, 6) is 1.67. The van der Waals surface area contributed by atoms with Crippen LogP contribution in [0, 0.1) is 5.92 Å². The summed E-state index contributed by atoms with van der Waals surface area (Å²) in [5, 5.41) is 10.3.